The van der Waals surface area contributed by atoms with Gasteiger partial charge in [-0.25, -0.2) is 0 Å². The molecule has 0 aromatic carbocycles. The van der Waals surface area contributed by atoms with E-state index in [1.807, 2.05) is 11.9 Å². The minimum Gasteiger partial charge on any atom is -0.366 e. The van der Waals surface area contributed by atoms with Gasteiger partial charge < -0.3 is 15.0 Å². The Kier molecular flexibility index (Phi) is 2.02. The lowest BCUT2D eigenvalue weighted by molar-refractivity contribution is -0.143. The number of morpholine rings is 1. The van der Waals surface area contributed by atoms with Crippen molar-refractivity contribution in [2.24, 2.45) is 0 Å². The Balaban J connectivity index is 1.94. The summed E-state index contributed by atoms with van der Waals surface area (Å²) >= 11 is 0. The van der Waals surface area contributed by atoms with E-state index in [0.29, 0.717) is 6.04 Å². The molecule has 0 aliphatic carbocycles. The van der Waals surface area contributed by atoms with Crippen molar-refractivity contribution in [2.45, 2.75) is 18.6 Å². The first-order valence-corrected chi connectivity index (χ1v) is 4.39. The number of fused-ring (bicyclic) bond motifs is 2. The molecular weight excluding hydrogens is 156 g/mol. The van der Waals surface area contributed by atoms with Crippen LogP contribution in [0.4, 0.5) is 0 Å². The van der Waals surface area contributed by atoms with Crippen molar-refractivity contribution in [3.63, 3.8) is 0 Å². The highest BCUT2D eigenvalue weighted by Crippen LogP contribution is 2.28. The largest absolute Gasteiger partial charge is 0.366 e. The molecular formula is C8H14N2O2. The van der Waals surface area contributed by atoms with Gasteiger partial charge in [0, 0.05) is 19.5 Å². The standard InChI is InChI=1S/C8H14N2O2/c1-9-2-3-10-6-4-7(8(10)11)12-5-6/h6-7,9H,2-5H2,1H3. The third kappa shape index (κ3) is 1.11. The summed E-state index contributed by atoms with van der Waals surface area (Å²) in [6.07, 6.45) is 0.787. The zero-order chi connectivity index (χ0) is 8.55. The number of carbonyl (C=O) groups is 1. The number of carbonyl (C=O) groups excluding carboxylic acids is 1. The topological polar surface area (TPSA) is 41.6 Å². The third-order valence-corrected chi connectivity index (χ3v) is 2.58. The number of rotatable bonds is 3. The van der Waals surface area contributed by atoms with Crippen LogP contribution >= 0.6 is 0 Å². The van der Waals surface area contributed by atoms with Gasteiger partial charge in [0.2, 0.25) is 0 Å². The normalized spacial score (nSPS) is 33.4. The first kappa shape index (κ1) is 8.01. The van der Waals surface area contributed by atoms with Crippen molar-refractivity contribution < 1.29 is 9.53 Å². The molecule has 2 aliphatic heterocycles. The van der Waals surface area contributed by atoms with Crippen molar-refractivity contribution in [2.75, 3.05) is 26.7 Å². The van der Waals surface area contributed by atoms with E-state index in [9.17, 15) is 4.79 Å². The molecule has 1 amide bonds. The fourth-order valence-electron chi connectivity index (χ4n) is 1.89. The van der Waals surface area contributed by atoms with E-state index < -0.39 is 0 Å². The lowest BCUT2D eigenvalue weighted by Gasteiger charge is -2.26. The molecule has 1 N–H and O–H groups in total. The van der Waals surface area contributed by atoms with Crippen LogP contribution in [0, 0.1) is 0 Å². The zero-order valence-electron chi connectivity index (χ0n) is 7.25. The number of likely N-dealkylation sites (N-methyl/N-ethyl adjacent to an activating group) is 1. The zero-order valence-corrected chi connectivity index (χ0v) is 7.25. The Labute approximate surface area is 71.9 Å². The number of nitrogens with one attached hydrogen (secondary N) is 1. The van der Waals surface area contributed by atoms with Crippen LogP contribution in [0.5, 0.6) is 0 Å². The van der Waals surface area contributed by atoms with E-state index in [1.54, 1.807) is 0 Å². The van der Waals surface area contributed by atoms with Gasteiger partial charge in [-0.3, -0.25) is 4.79 Å². The number of hydrogen-bond acceptors (Lipinski definition) is 3. The maximum absolute atomic E-state index is 11.4. The molecule has 2 fully saturated rings. The van der Waals surface area contributed by atoms with Crippen LogP contribution in [0.2, 0.25) is 0 Å². The molecule has 2 saturated heterocycles. The van der Waals surface area contributed by atoms with E-state index in [-0.39, 0.29) is 12.0 Å². The van der Waals surface area contributed by atoms with Crippen LogP contribution in [0.1, 0.15) is 6.42 Å². The summed E-state index contributed by atoms with van der Waals surface area (Å²) in [6, 6.07) is 0.357. The Bertz CT molecular complexity index is 195. The smallest absolute Gasteiger partial charge is 0.252 e. The molecule has 12 heavy (non-hydrogen) atoms. The molecule has 0 spiro atoms. The number of likely N-dealkylation sites (tertiary alicyclic amines) is 1. The first-order valence-electron chi connectivity index (χ1n) is 4.39. The molecule has 0 saturated carbocycles. The highest BCUT2D eigenvalue weighted by molar-refractivity contribution is 5.84. The molecule has 2 aliphatic rings. The molecule has 0 aromatic heterocycles. The predicted octanol–water partition coefficient (Wildman–Crippen LogP) is -0.794. The van der Waals surface area contributed by atoms with Crippen LogP contribution < -0.4 is 5.32 Å². The van der Waals surface area contributed by atoms with Gasteiger partial charge in [0.25, 0.3) is 5.91 Å². The summed E-state index contributed by atoms with van der Waals surface area (Å²) in [5.74, 6) is 0.182. The molecule has 4 nitrogen and oxygen atoms in total. The Hall–Kier alpha value is -0.610. The summed E-state index contributed by atoms with van der Waals surface area (Å²) < 4.78 is 5.26. The first-order chi connectivity index (χ1) is 5.83. The Morgan fingerprint density at radius 3 is 3.17 bits per heavy atom. The minimum absolute atomic E-state index is 0.119. The van der Waals surface area contributed by atoms with Crippen molar-refractivity contribution in [3.05, 3.63) is 0 Å². The Morgan fingerprint density at radius 1 is 1.75 bits per heavy atom. The number of ether oxygens (including phenoxy) is 1. The summed E-state index contributed by atoms with van der Waals surface area (Å²) in [5.41, 5.74) is 0. The molecule has 0 radical (unpaired) electrons. The molecule has 2 heterocycles. The summed E-state index contributed by atoms with van der Waals surface area (Å²) in [6.45, 7) is 2.43. The lowest BCUT2D eigenvalue weighted by atomic mass is 10.2. The van der Waals surface area contributed by atoms with E-state index in [2.05, 4.69) is 5.32 Å². The SMILES string of the molecule is CNCCN1C(=O)C2CC1CO2. The fourth-order valence-corrected chi connectivity index (χ4v) is 1.89. The second-order valence-electron chi connectivity index (χ2n) is 3.35. The number of amides is 1. The quantitative estimate of drug-likeness (QED) is 0.603. The molecule has 2 bridgehead atoms. The third-order valence-electron chi connectivity index (χ3n) is 2.58. The van der Waals surface area contributed by atoms with E-state index in [1.165, 1.54) is 0 Å². The van der Waals surface area contributed by atoms with Crippen molar-refractivity contribution in [3.8, 4) is 0 Å². The highest BCUT2D eigenvalue weighted by atomic mass is 16.5. The maximum Gasteiger partial charge on any atom is 0.252 e. The van der Waals surface area contributed by atoms with E-state index >= 15 is 0 Å². The van der Waals surface area contributed by atoms with Crippen molar-refractivity contribution >= 4 is 5.91 Å². The molecule has 2 atom stereocenters. The maximum atomic E-state index is 11.4. The Morgan fingerprint density at radius 2 is 2.58 bits per heavy atom. The molecule has 0 aromatic rings. The van der Waals surface area contributed by atoms with Gasteiger partial charge in [-0.1, -0.05) is 0 Å². The number of hydrogen-bond donors (Lipinski definition) is 1. The minimum atomic E-state index is -0.119. The second-order valence-corrected chi connectivity index (χ2v) is 3.35. The van der Waals surface area contributed by atoms with Crippen molar-refractivity contribution in [1.82, 2.24) is 10.2 Å². The highest BCUT2D eigenvalue weighted by Gasteiger charge is 2.45. The molecule has 4 heteroatoms. The van der Waals surface area contributed by atoms with Crippen LogP contribution in [0.15, 0.2) is 0 Å². The fraction of sp³-hybridized carbons (Fsp3) is 0.875. The summed E-state index contributed by atoms with van der Waals surface area (Å²) in [7, 11) is 1.90. The van der Waals surface area contributed by atoms with Gasteiger partial charge in [-0.05, 0) is 7.05 Å². The monoisotopic (exact) mass is 170 g/mol. The van der Waals surface area contributed by atoms with E-state index in [0.717, 1.165) is 26.1 Å². The van der Waals surface area contributed by atoms with Gasteiger partial charge in [0.1, 0.15) is 6.10 Å². The van der Waals surface area contributed by atoms with Gasteiger partial charge in [0.05, 0.1) is 12.6 Å². The average Bonchev–Trinajstić information content (AvgIpc) is 2.62. The van der Waals surface area contributed by atoms with Gasteiger partial charge in [0.15, 0.2) is 0 Å². The number of nitrogens with zero attached hydrogens (tertiary/aromatic N) is 1. The van der Waals surface area contributed by atoms with Crippen LogP contribution in [-0.2, 0) is 9.53 Å². The van der Waals surface area contributed by atoms with Gasteiger partial charge in [-0.2, -0.15) is 0 Å². The average molecular weight is 170 g/mol. The van der Waals surface area contributed by atoms with Crippen LogP contribution in [-0.4, -0.2) is 49.7 Å². The van der Waals surface area contributed by atoms with E-state index in [4.69, 9.17) is 4.74 Å². The molecule has 2 unspecified atom stereocenters. The molecule has 2 rings (SSSR count). The van der Waals surface area contributed by atoms with Crippen LogP contribution in [0.3, 0.4) is 0 Å². The van der Waals surface area contributed by atoms with Crippen LogP contribution in [0.25, 0.3) is 0 Å². The lowest BCUT2D eigenvalue weighted by Crippen LogP contribution is -2.44. The van der Waals surface area contributed by atoms with Gasteiger partial charge in [-0.15, -0.1) is 0 Å². The van der Waals surface area contributed by atoms with Crippen molar-refractivity contribution in [1.29, 1.82) is 0 Å². The second kappa shape index (κ2) is 3.03. The molecule has 68 valence electrons. The van der Waals surface area contributed by atoms with Gasteiger partial charge >= 0.3 is 0 Å². The summed E-state index contributed by atoms with van der Waals surface area (Å²) in [5, 5.41) is 3.04. The predicted molar refractivity (Wildman–Crippen MR) is 43.8 cm³/mol. The summed E-state index contributed by atoms with van der Waals surface area (Å²) in [4.78, 5) is 13.4.